The molecular formula is C24H34O9. The van der Waals surface area contributed by atoms with Crippen molar-refractivity contribution in [3.63, 3.8) is 0 Å². The fraction of sp³-hybridized carbons (Fsp3) is 0.792. The fourth-order valence-corrected chi connectivity index (χ4v) is 6.26. The SMILES string of the molecule is CC(=O)OC[C@@]12C[C@@H](OC(=O)CC(C)C)C(C)=C[C@@H]1O[C@H]1[C@@H](O)[C@@H](OC(C)=O)[C@]2(C)[C@]12CO2. The minimum atomic E-state index is -1.11. The van der Waals surface area contributed by atoms with Crippen molar-refractivity contribution in [2.45, 2.75) is 90.5 Å². The number of esters is 3. The van der Waals surface area contributed by atoms with Crippen molar-refractivity contribution in [2.24, 2.45) is 16.7 Å². The molecule has 4 aliphatic rings. The van der Waals surface area contributed by atoms with Crippen LogP contribution in [0.25, 0.3) is 0 Å². The van der Waals surface area contributed by atoms with E-state index in [1.54, 1.807) is 0 Å². The lowest BCUT2D eigenvalue weighted by atomic mass is 9.51. The number of aliphatic hydroxyl groups is 1. The summed E-state index contributed by atoms with van der Waals surface area (Å²) in [5.41, 5.74) is -2.00. The third kappa shape index (κ3) is 3.51. The number of carbonyl (C=O) groups is 3. The second-order valence-electron chi connectivity index (χ2n) is 10.5. The highest BCUT2D eigenvalue weighted by atomic mass is 16.7. The Morgan fingerprint density at radius 2 is 1.88 bits per heavy atom. The molecule has 0 radical (unpaired) electrons. The molecule has 0 aromatic rings. The van der Waals surface area contributed by atoms with Gasteiger partial charge >= 0.3 is 17.9 Å². The van der Waals surface area contributed by atoms with E-state index in [-0.39, 0.29) is 31.3 Å². The Morgan fingerprint density at radius 1 is 1.21 bits per heavy atom. The molecule has 9 nitrogen and oxygen atoms in total. The highest BCUT2D eigenvalue weighted by Crippen LogP contribution is 2.72. The summed E-state index contributed by atoms with van der Waals surface area (Å²) in [6.45, 7) is 10.5. The summed E-state index contributed by atoms with van der Waals surface area (Å²) in [6.07, 6.45) is -1.46. The van der Waals surface area contributed by atoms with Crippen LogP contribution in [0.2, 0.25) is 0 Å². The first-order valence-electron chi connectivity index (χ1n) is 11.5. The number of rotatable bonds is 6. The second kappa shape index (κ2) is 8.06. The van der Waals surface area contributed by atoms with E-state index in [0.29, 0.717) is 6.61 Å². The van der Waals surface area contributed by atoms with Gasteiger partial charge < -0.3 is 28.8 Å². The zero-order valence-electron chi connectivity index (χ0n) is 20.1. The number of carbonyl (C=O) groups excluding carboxylic acids is 3. The molecular weight excluding hydrogens is 432 g/mol. The van der Waals surface area contributed by atoms with E-state index >= 15 is 0 Å². The Hall–Kier alpha value is -1.97. The summed E-state index contributed by atoms with van der Waals surface area (Å²) in [4.78, 5) is 36.4. The first kappa shape index (κ1) is 24.2. The maximum atomic E-state index is 12.5. The van der Waals surface area contributed by atoms with E-state index in [4.69, 9.17) is 23.7 Å². The van der Waals surface area contributed by atoms with Crippen LogP contribution in [0.3, 0.4) is 0 Å². The van der Waals surface area contributed by atoms with Gasteiger partial charge in [-0.05, 0) is 18.4 Å². The number of ether oxygens (including phenoxy) is 5. The first-order chi connectivity index (χ1) is 15.4. The van der Waals surface area contributed by atoms with Crippen molar-refractivity contribution in [2.75, 3.05) is 13.2 Å². The molecule has 184 valence electrons. The summed E-state index contributed by atoms with van der Waals surface area (Å²) >= 11 is 0. The van der Waals surface area contributed by atoms with Crippen molar-refractivity contribution < 1.29 is 43.2 Å². The lowest BCUT2D eigenvalue weighted by molar-refractivity contribution is -0.241. The number of epoxide rings is 1. The lowest BCUT2D eigenvalue weighted by Gasteiger charge is -2.58. The van der Waals surface area contributed by atoms with E-state index in [1.807, 2.05) is 33.8 Å². The maximum Gasteiger partial charge on any atom is 0.306 e. The molecule has 2 bridgehead atoms. The van der Waals surface area contributed by atoms with Crippen LogP contribution in [0.15, 0.2) is 11.6 Å². The molecule has 0 amide bonds. The number of hydrogen-bond acceptors (Lipinski definition) is 9. The Bertz CT molecular complexity index is 875. The predicted octanol–water partition coefficient (Wildman–Crippen LogP) is 1.69. The molecule has 1 saturated carbocycles. The summed E-state index contributed by atoms with van der Waals surface area (Å²) < 4.78 is 29.4. The van der Waals surface area contributed by atoms with E-state index < -0.39 is 58.9 Å². The van der Waals surface area contributed by atoms with Crippen molar-refractivity contribution in [1.29, 1.82) is 0 Å². The van der Waals surface area contributed by atoms with Crippen molar-refractivity contribution in [3.8, 4) is 0 Å². The molecule has 2 saturated heterocycles. The fourth-order valence-electron chi connectivity index (χ4n) is 6.26. The van der Waals surface area contributed by atoms with Gasteiger partial charge in [0.25, 0.3) is 0 Å². The van der Waals surface area contributed by atoms with E-state index in [1.165, 1.54) is 13.8 Å². The standard InChI is InChI=1S/C24H34O9/c1-12(2)7-18(27)32-16-9-23(10-29-14(4)25)17(8-13(16)3)33-21-19(28)20(31-15(5)26)22(23,6)24(21)11-30-24/h8,12,16-17,19-21,28H,7,9-11H2,1-6H3/t16-,17+,19+,20-,21+,22+,23+,24+/m1/s1. The smallest absolute Gasteiger partial charge is 0.306 e. The van der Waals surface area contributed by atoms with E-state index in [9.17, 15) is 19.5 Å². The molecule has 0 unspecified atom stereocenters. The van der Waals surface area contributed by atoms with Crippen molar-refractivity contribution in [1.82, 2.24) is 0 Å². The molecule has 1 spiro atoms. The molecule has 33 heavy (non-hydrogen) atoms. The predicted molar refractivity (Wildman–Crippen MR) is 114 cm³/mol. The van der Waals surface area contributed by atoms with Crippen LogP contribution in [-0.2, 0) is 38.1 Å². The van der Waals surface area contributed by atoms with Crippen LogP contribution in [-0.4, -0.2) is 72.3 Å². The molecule has 2 aliphatic heterocycles. The molecule has 8 atom stereocenters. The molecule has 2 heterocycles. The van der Waals surface area contributed by atoms with Gasteiger partial charge in [0.2, 0.25) is 0 Å². The third-order valence-electron chi connectivity index (χ3n) is 8.00. The van der Waals surface area contributed by atoms with Gasteiger partial charge in [-0.15, -0.1) is 0 Å². The quantitative estimate of drug-likeness (QED) is 0.270. The normalized spacial score (nSPS) is 43.0. The Morgan fingerprint density at radius 3 is 2.42 bits per heavy atom. The summed E-state index contributed by atoms with van der Waals surface area (Å²) in [7, 11) is 0. The summed E-state index contributed by atoms with van der Waals surface area (Å²) in [5, 5.41) is 11.2. The van der Waals surface area contributed by atoms with Gasteiger partial charge in [0, 0.05) is 26.7 Å². The average molecular weight is 467 g/mol. The number of fused-ring (bicyclic) bond motifs is 2. The highest BCUT2D eigenvalue weighted by molar-refractivity contribution is 5.70. The maximum absolute atomic E-state index is 12.5. The topological polar surface area (TPSA) is 121 Å². The lowest BCUT2D eigenvalue weighted by Crippen LogP contribution is -2.68. The van der Waals surface area contributed by atoms with Gasteiger partial charge in [-0.1, -0.05) is 26.8 Å². The van der Waals surface area contributed by atoms with Crippen LogP contribution in [0.4, 0.5) is 0 Å². The van der Waals surface area contributed by atoms with E-state index in [2.05, 4.69) is 0 Å². The van der Waals surface area contributed by atoms with Gasteiger partial charge in [-0.3, -0.25) is 14.4 Å². The monoisotopic (exact) mass is 466 g/mol. The van der Waals surface area contributed by atoms with Gasteiger partial charge in [-0.2, -0.15) is 0 Å². The molecule has 2 aliphatic carbocycles. The van der Waals surface area contributed by atoms with Gasteiger partial charge in [0.1, 0.15) is 36.6 Å². The summed E-state index contributed by atoms with van der Waals surface area (Å²) in [6, 6.07) is 0. The average Bonchev–Trinajstić information content (AvgIpc) is 3.48. The van der Waals surface area contributed by atoms with Crippen LogP contribution >= 0.6 is 0 Å². The molecule has 1 N–H and O–H groups in total. The molecule has 4 rings (SSSR count). The molecule has 0 aromatic carbocycles. The number of aliphatic hydroxyl groups excluding tert-OH is 1. The first-order valence-corrected chi connectivity index (χ1v) is 11.5. The largest absolute Gasteiger partial charge is 0.465 e. The molecule has 9 heteroatoms. The van der Waals surface area contributed by atoms with Crippen LogP contribution in [0.1, 0.15) is 54.4 Å². The molecule has 3 fully saturated rings. The van der Waals surface area contributed by atoms with Crippen LogP contribution in [0.5, 0.6) is 0 Å². The Labute approximate surface area is 193 Å². The van der Waals surface area contributed by atoms with Gasteiger partial charge in [-0.25, -0.2) is 0 Å². The highest BCUT2D eigenvalue weighted by Gasteiger charge is 2.86. The Balaban J connectivity index is 1.79. The van der Waals surface area contributed by atoms with Crippen LogP contribution in [0, 0.1) is 16.7 Å². The Kier molecular flexibility index (Phi) is 5.90. The second-order valence-corrected chi connectivity index (χ2v) is 10.5. The van der Waals surface area contributed by atoms with Gasteiger partial charge in [0.05, 0.1) is 23.5 Å². The van der Waals surface area contributed by atoms with Crippen LogP contribution < -0.4 is 0 Å². The minimum absolute atomic E-state index is 0.0617. The third-order valence-corrected chi connectivity index (χ3v) is 8.00. The summed E-state index contributed by atoms with van der Waals surface area (Å²) in [5.74, 6) is -1.18. The minimum Gasteiger partial charge on any atom is -0.465 e. The number of hydrogen-bond donors (Lipinski definition) is 1. The zero-order chi connectivity index (χ0) is 24.3. The molecule has 0 aromatic heterocycles. The van der Waals surface area contributed by atoms with Crippen molar-refractivity contribution in [3.05, 3.63) is 11.6 Å². The van der Waals surface area contributed by atoms with Crippen molar-refractivity contribution >= 4 is 17.9 Å². The van der Waals surface area contributed by atoms with E-state index in [0.717, 1.165) is 5.57 Å². The zero-order valence-corrected chi connectivity index (χ0v) is 20.1. The van der Waals surface area contributed by atoms with Gasteiger partial charge in [0.15, 0.2) is 0 Å².